The molecule has 0 spiro atoms. The Bertz CT molecular complexity index is 1120. The van der Waals surface area contributed by atoms with Crippen LogP contribution in [0.4, 0.5) is 0 Å². The van der Waals surface area contributed by atoms with Gasteiger partial charge in [-0.15, -0.1) is 0 Å². The number of hydrogen-bond donors (Lipinski definition) is 4. The normalized spacial score (nSPS) is 16.2. The number of benzene rings is 1. The third-order valence-corrected chi connectivity index (χ3v) is 5.67. The number of allylic oxidation sites excluding steroid dienone is 7. The Morgan fingerprint density at radius 3 is 2.26 bits per heavy atom. The SMILES string of the molecule is C=C(/C=C(\C=C/C)/C=C(/O)C(=N)C1C(=O)c2ccc(C(=O)N(CCO)CCO)cc2C1=O)C(C)C. The van der Waals surface area contributed by atoms with Gasteiger partial charge in [0.1, 0.15) is 11.7 Å². The van der Waals surface area contributed by atoms with E-state index in [1.807, 2.05) is 13.8 Å². The topological polar surface area (TPSA) is 139 Å². The standard InChI is InChI=1S/C27H32N2O6/c1-5-6-18(13-17(4)16(2)3)14-22(32)24(28)23-25(33)20-8-7-19(15-21(20)26(23)34)27(35)29(9-11-30)10-12-31/h5-8,13-16,23,28,30-32H,4,9-12H2,1-3H3/b6-5-,18-13+,22-14+,28-24?. The van der Waals surface area contributed by atoms with Crippen LogP contribution in [0, 0.1) is 17.2 Å². The van der Waals surface area contributed by atoms with Crippen LogP contribution in [-0.4, -0.2) is 69.7 Å². The molecule has 0 bridgehead atoms. The molecule has 35 heavy (non-hydrogen) atoms. The van der Waals surface area contributed by atoms with Crippen LogP contribution in [-0.2, 0) is 0 Å². The van der Waals surface area contributed by atoms with E-state index in [0.717, 1.165) is 5.57 Å². The minimum atomic E-state index is -1.52. The molecule has 8 nitrogen and oxygen atoms in total. The summed E-state index contributed by atoms with van der Waals surface area (Å²) >= 11 is 0. The number of aliphatic hydroxyl groups excluding tert-OH is 3. The lowest BCUT2D eigenvalue weighted by molar-refractivity contribution is 0.0684. The number of ketones is 2. The molecule has 1 aliphatic rings. The van der Waals surface area contributed by atoms with Crippen molar-refractivity contribution in [2.24, 2.45) is 11.8 Å². The third kappa shape index (κ3) is 6.29. The first kappa shape index (κ1) is 27.6. The number of Topliss-reactive ketones (excluding diaryl/α,β-unsaturated/α-hetero) is 2. The van der Waals surface area contributed by atoms with Gasteiger partial charge in [-0.05, 0) is 42.7 Å². The molecule has 1 aromatic rings. The number of fused-ring (bicyclic) bond motifs is 1. The van der Waals surface area contributed by atoms with Gasteiger partial charge in [-0.3, -0.25) is 14.4 Å². The summed E-state index contributed by atoms with van der Waals surface area (Å²) in [5.41, 5.74) is 1.02. The zero-order valence-electron chi connectivity index (χ0n) is 20.2. The van der Waals surface area contributed by atoms with Crippen molar-refractivity contribution in [1.29, 1.82) is 5.41 Å². The van der Waals surface area contributed by atoms with Gasteiger partial charge < -0.3 is 25.6 Å². The van der Waals surface area contributed by atoms with Gasteiger partial charge in [0.25, 0.3) is 5.91 Å². The van der Waals surface area contributed by atoms with Gasteiger partial charge in [0.05, 0.1) is 18.9 Å². The molecule has 0 saturated heterocycles. The van der Waals surface area contributed by atoms with E-state index in [9.17, 15) is 19.5 Å². The van der Waals surface area contributed by atoms with Crippen LogP contribution in [0.3, 0.4) is 0 Å². The number of aliphatic hydroxyl groups is 3. The Labute approximate surface area is 205 Å². The molecule has 186 valence electrons. The number of nitrogens with zero attached hydrogens (tertiary/aromatic N) is 1. The van der Waals surface area contributed by atoms with Crippen molar-refractivity contribution in [3.05, 3.63) is 82.7 Å². The van der Waals surface area contributed by atoms with Crippen LogP contribution < -0.4 is 0 Å². The molecule has 0 heterocycles. The highest BCUT2D eigenvalue weighted by molar-refractivity contribution is 6.38. The fourth-order valence-electron chi connectivity index (χ4n) is 3.62. The summed E-state index contributed by atoms with van der Waals surface area (Å²) in [6, 6.07) is 4.02. The van der Waals surface area contributed by atoms with Gasteiger partial charge in [0, 0.05) is 29.8 Å². The number of nitrogens with one attached hydrogen (secondary N) is 1. The fourth-order valence-corrected chi connectivity index (χ4v) is 3.62. The van der Waals surface area contributed by atoms with E-state index in [-0.39, 0.29) is 48.9 Å². The first-order valence-electron chi connectivity index (χ1n) is 11.3. The summed E-state index contributed by atoms with van der Waals surface area (Å²) in [6.45, 7) is 9.11. The number of carbonyl (C=O) groups is 3. The van der Waals surface area contributed by atoms with Crippen molar-refractivity contribution >= 4 is 23.2 Å². The summed E-state index contributed by atoms with van der Waals surface area (Å²) in [6.07, 6.45) is 6.54. The Hall–Kier alpha value is -3.62. The van der Waals surface area contributed by atoms with Gasteiger partial charge in [0.2, 0.25) is 0 Å². The molecule has 1 unspecified atom stereocenters. The maximum atomic E-state index is 13.1. The first-order valence-corrected chi connectivity index (χ1v) is 11.3. The van der Waals surface area contributed by atoms with Crippen molar-refractivity contribution in [3.63, 3.8) is 0 Å². The number of hydrogen-bond acceptors (Lipinski definition) is 7. The number of amides is 1. The smallest absolute Gasteiger partial charge is 0.254 e. The molecule has 0 fully saturated rings. The predicted molar refractivity (Wildman–Crippen MR) is 134 cm³/mol. The van der Waals surface area contributed by atoms with Crippen LogP contribution in [0.2, 0.25) is 0 Å². The number of carbonyl (C=O) groups excluding carboxylic acids is 3. The highest BCUT2D eigenvalue weighted by Gasteiger charge is 2.42. The highest BCUT2D eigenvalue weighted by Crippen LogP contribution is 2.30. The van der Waals surface area contributed by atoms with E-state index in [0.29, 0.717) is 5.57 Å². The first-order chi connectivity index (χ1) is 16.6. The molecule has 4 N–H and O–H groups in total. The van der Waals surface area contributed by atoms with Crippen LogP contribution in [0.5, 0.6) is 0 Å². The maximum absolute atomic E-state index is 13.1. The molecule has 1 aliphatic carbocycles. The van der Waals surface area contributed by atoms with Gasteiger partial charge in [-0.25, -0.2) is 0 Å². The average Bonchev–Trinajstić information content (AvgIpc) is 3.07. The summed E-state index contributed by atoms with van der Waals surface area (Å²) in [4.78, 5) is 40.0. The Balaban J connectivity index is 2.37. The molecule has 0 aliphatic heterocycles. The third-order valence-electron chi connectivity index (χ3n) is 5.67. The average molecular weight is 481 g/mol. The van der Waals surface area contributed by atoms with E-state index in [1.165, 1.54) is 29.2 Å². The molecular weight excluding hydrogens is 448 g/mol. The zero-order valence-corrected chi connectivity index (χ0v) is 20.2. The van der Waals surface area contributed by atoms with Gasteiger partial charge in [-0.2, -0.15) is 0 Å². The van der Waals surface area contributed by atoms with Crippen LogP contribution in [0.25, 0.3) is 0 Å². The minimum Gasteiger partial charge on any atom is -0.506 e. The van der Waals surface area contributed by atoms with Crippen molar-refractivity contribution in [2.75, 3.05) is 26.3 Å². The summed E-state index contributed by atoms with van der Waals surface area (Å²) in [5.74, 6) is -3.68. The van der Waals surface area contributed by atoms with Crippen molar-refractivity contribution < 1.29 is 29.7 Å². The minimum absolute atomic E-state index is 0.000578. The van der Waals surface area contributed by atoms with E-state index in [1.54, 1.807) is 25.2 Å². The largest absolute Gasteiger partial charge is 0.506 e. The molecule has 1 atom stereocenters. The second kappa shape index (κ2) is 12.2. The van der Waals surface area contributed by atoms with Crippen LogP contribution in [0.15, 0.2) is 66.0 Å². The lowest BCUT2D eigenvalue weighted by Crippen LogP contribution is -2.35. The zero-order chi connectivity index (χ0) is 26.3. The predicted octanol–water partition coefficient (Wildman–Crippen LogP) is 3.28. The molecule has 2 rings (SSSR count). The van der Waals surface area contributed by atoms with E-state index in [4.69, 9.17) is 15.6 Å². The van der Waals surface area contributed by atoms with Crippen LogP contribution in [0.1, 0.15) is 51.8 Å². The summed E-state index contributed by atoms with van der Waals surface area (Å²) in [7, 11) is 0. The molecule has 0 saturated carbocycles. The lowest BCUT2D eigenvalue weighted by Gasteiger charge is -2.20. The van der Waals surface area contributed by atoms with Gasteiger partial charge in [-0.1, -0.05) is 44.2 Å². The summed E-state index contributed by atoms with van der Waals surface area (Å²) < 4.78 is 0. The summed E-state index contributed by atoms with van der Waals surface area (Å²) in [5, 5.41) is 37.3. The lowest BCUT2D eigenvalue weighted by atomic mass is 9.95. The highest BCUT2D eigenvalue weighted by atomic mass is 16.3. The van der Waals surface area contributed by atoms with E-state index < -0.39 is 34.9 Å². The van der Waals surface area contributed by atoms with Crippen LogP contribution >= 0.6 is 0 Å². The second-order valence-corrected chi connectivity index (χ2v) is 8.48. The van der Waals surface area contributed by atoms with E-state index in [2.05, 4.69) is 6.58 Å². The quantitative estimate of drug-likeness (QED) is 0.166. The Morgan fingerprint density at radius 1 is 1.11 bits per heavy atom. The van der Waals surface area contributed by atoms with Crippen molar-refractivity contribution in [2.45, 2.75) is 20.8 Å². The second-order valence-electron chi connectivity index (χ2n) is 8.48. The van der Waals surface area contributed by atoms with Crippen molar-refractivity contribution in [3.8, 4) is 0 Å². The molecular formula is C27H32N2O6. The Kier molecular flexibility index (Phi) is 9.62. The van der Waals surface area contributed by atoms with Gasteiger partial charge >= 0.3 is 0 Å². The van der Waals surface area contributed by atoms with E-state index >= 15 is 0 Å². The molecule has 1 amide bonds. The molecule has 8 heteroatoms. The fraction of sp³-hybridized carbons (Fsp3) is 0.333. The van der Waals surface area contributed by atoms with Gasteiger partial charge in [0.15, 0.2) is 11.6 Å². The maximum Gasteiger partial charge on any atom is 0.254 e. The monoisotopic (exact) mass is 480 g/mol. The van der Waals surface area contributed by atoms with Crippen molar-refractivity contribution in [1.82, 2.24) is 4.90 Å². The molecule has 0 radical (unpaired) electrons. The molecule has 1 aromatic carbocycles. The Morgan fingerprint density at radius 2 is 1.71 bits per heavy atom. The molecule has 0 aromatic heterocycles. The number of rotatable bonds is 11.